The zero-order valence-electron chi connectivity index (χ0n) is 14.7. The summed E-state index contributed by atoms with van der Waals surface area (Å²) in [4.78, 5) is 0. The van der Waals surface area contributed by atoms with E-state index in [0.717, 1.165) is 0 Å². The predicted octanol–water partition coefficient (Wildman–Crippen LogP) is 6.43. The maximum Gasteiger partial charge on any atom is 0.0368 e. The lowest BCUT2D eigenvalue weighted by molar-refractivity contribution is 0.418. The molecule has 1 fully saturated rings. The lowest BCUT2D eigenvalue weighted by Crippen LogP contribution is -2.31. The molecule has 1 aliphatic heterocycles. The normalized spacial score (nSPS) is 24.5. The summed E-state index contributed by atoms with van der Waals surface area (Å²) in [5.41, 5.74) is 4.63. The number of hydrogen-bond acceptors (Lipinski definition) is 0. The van der Waals surface area contributed by atoms with Gasteiger partial charge in [-0.2, -0.15) is 0 Å². The van der Waals surface area contributed by atoms with Gasteiger partial charge in [-0.05, 0) is 34.9 Å². The van der Waals surface area contributed by atoms with Gasteiger partial charge in [0.15, 0.2) is 0 Å². The van der Waals surface area contributed by atoms with Crippen LogP contribution in [-0.2, 0) is 5.41 Å². The van der Waals surface area contributed by atoms with Crippen LogP contribution in [0.3, 0.4) is 0 Å². The van der Waals surface area contributed by atoms with E-state index in [-0.39, 0.29) is 0 Å². The molecule has 0 bridgehead atoms. The van der Waals surface area contributed by atoms with Crippen LogP contribution in [0.15, 0.2) is 54.6 Å². The Hall–Kier alpha value is -1.34. The number of benzene rings is 2. The molecule has 0 spiro atoms. The fourth-order valence-electron chi connectivity index (χ4n) is 4.08. The van der Waals surface area contributed by atoms with Crippen LogP contribution in [0.5, 0.6) is 0 Å². The standard InChI is InChI=1S/C22H30Si/c1-3-4-16-23-17-14-22(2,15-18-23)21-12-10-20(11-13-21)19-8-6-5-7-9-19/h5-13,23H,3-4,14-18H2,1-2H3. The van der Waals surface area contributed by atoms with Crippen LogP contribution < -0.4 is 0 Å². The van der Waals surface area contributed by atoms with E-state index in [1.807, 2.05) is 0 Å². The van der Waals surface area contributed by atoms with Crippen LogP contribution in [0.25, 0.3) is 11.1 Å². The molecule has 2 aromatic carbocycles. The van der Waals surface area contributed by atoms with Gasteiger partial charge < -0.3 is 0 Å². The zero-order valence-corrected chi connectivity index (χ0v) is 15.9. The molecule has 2 aromatic rings. The average molecular weight is 323 g/mol. The Bertz CT molecular complexity index is 592. The molecule has 0 N–H and O–H groups in total. The predicted molar refractivity (Wildman–Crippen MR) is 105 cm³/mol. The highest BCUT2D eigenvalue weighted by Crippen LogP contribution is 2.41. The SMILES string of the molecule is CCCC[SiH]1CCC(C)(c2ccc(-c3ccccc3)cc2)CC1. The zero-order chi connectivity index (χ0) is 16.1. The maximum atomic E-state index is 2.50. The third kappa shape index (κ3) is 3.95. The third-order valence-corrected chi connectivity index (χ3v) is 9.30. The summed E-state index contributed by atoms with van der Waals surface area (Å²) in [6, 6.07) is 24.8. The molecule has 23 heavy (non-hydrogen) atoms. The molecule has 0 nitrogen and oxygen atoms in total. The minimum absolute atomic E-state index is 0.408. The van der Waals surface area contributed by atoms with Gasteiger partial charge in [-0.3, -0.25) is 0 Å². The lowest BCUT2D eigenvalue weighted by Gasteiger charge is -2.37. The van der Waals surface area contributed by atoms with E-state index in [2.05, 4.69) is 68.4 Å². The summed E-state index contributed by atoms with van der Waals surface area (Å²) in [6.45, 7) is 4.82. The topological polar surface area (TPSA) is 0 Å². The molecule has 3 rings (SSSR count). The van der Waals surface area contributed by atoms with Gasteiger partial charge in [-0.1, -0.05) is 99.4 Å². The average Bonchev–Trinajstić information content (AvgIpc) is 2.62. The molecule has 1 heteroatoms. The quantitative estimate of drug-likeness (QED) is 0.556. The highest BCUT2D eigenvalue weighted by molar-refractivity contribution is 6.59. The van der Waals surface area contributed by atoms with Crippen molar-refractivity contribution in [2.75, 3.05) is 0 Å². The van der Waals surface area contributed by atoms with Gasteiger partial charge >= 0.3 is 0 Å². The van der Waals surface area contributed by atoms with Gasteiger partial charge in [0.05, 0.1) is 0 Å². The molecule has 0 aliphatic carbocycles. The molecule has 0 unspecified atom stereocenters. The Morgan fingerprint density at radius 1 is 0.870 bits per heavy atom. The van der Waals surface area contributed by atoms with E-state index in [1.165, 1.54) is 36.8 Å². The van der Waals surface area contributed by atoms with Crippen molar-refractivity contribution in [3.63, 3.8) is 0 Å². The lowest BCUT2D eigenvalue weighted by atomic mass is 9.77. The molecule has 1 aliphatic rings. The van der Waals surface area contributed by atoms with Crippen LogP contribution >= 0.6 is 0 Å². The van der Waals surface area contributed by atoms with E-state index >= 15 is 0 Å². The van der Waals surface area contributed by atoms with Gasteiger partial charge in [0.2, 0.25) is 0 Å². The monoisotopic (exact) mass is 322 g/mol. The smallest absolute Gasteiger partial charge is 0.0368 e. The molecule has 0 radical (unpaired) electrons. The minimum Gasteiger partial charge on any atom is -0.0654 e. The van der Waals surface area contributed by atoms with Gasteiger partial charge in [0, 0.05) is 8.80 Å². The summed E-state index contributed by atoms with van der Waals surface area (Å²) in [5.74, 6) is 0. The van der Waals surface area contributed by atoms with Crippen molar-refractivity contribution in [1.29, 1.82) is 0 Å². The molecule has 0 atom stereocenters. The maximum absolute atomic E-state index is 2.50. The van der Waals surface area contributed by atoms with Gasteiger partial charge in [0.25, 0.3) is 0 Å². The van der Waals surface area contributed by atoms with E-state index < -0.39 is 8.80 Å². The Morgan fingerprint density at radius 3 is 2.09 bits per heavy atom. The Kier molecular flexibility index (Phi) is 5.37. The first kappa shape index (κ1) is 16.5. The Labute approximate surface area is 143 Å². The van der Waals surface area contributed by atoms with Gasteiger partial charge in [-0.15, -0.1) is 0 Å². The highest BCUT2D eigenvalue weighted by atomic mass is 28.3. The third-order valence-electron chi connectivity index (χ3n) is 5.86. The molecule has 1 saturated heterocycles. The van der Waals surface area contributed by atoms with Crippen molar-refractivity contribution in [1.82, 2.24) is 0 Å². The van der Waals surface area contributed by atoms with Crippen molar-refractivity contribution >= 4 is 8.80 Å². The molecule has 122 valence electrons. The summed E-state index contributed by atoms with van der Waals surface area (Å²) in [7, 11) is -0.408. The van der Waals surface area contributed by atoms with Crippen molar-refractivity contribution < 1.29 is 0 Å². The molecular weight excluding hydrogens is 292 g/mol. The molecule has 1 heterocycles. The molecule has 0 amide bonds. The molecule has 0 saturated carbocycles. The second kappa shape index (κ2) is 7.48. The van der Waals surface area contributed by atoms with Crippen LogP contribution in [0.2, 0.25) is 18.1 Å². The van der Waals surface area contributed by atoms with E-state index in [0.29, 0.717) is 5.41 Å². The molecule has 0 aromatic heterocycles. The first-order chi connectivity index (χ1) is 11.2. The first-order valence-electron chi connectivity index (χ1n) is 9.37. The fraction of sp³-hybridized carbons (Fsp3) is 0.455. The summed E-state index contributed by atoms with van der Waals surface area (Å²) in [5, 5.41) is 0. The van der Waals surface area contributed by atoms with E-state index in [1.54, 1.807) is 23.7 Å². The fourth-order valence-corrected chi connectivity index (χ4v) is 8.02. The largest absolute Gasteiger partial charge is 0.0654 e. The Morgan fingerprint density at radius 2 is 1.48 bits per heavy atom. The van der Waals surface area contributed by atoms with E-state index in [4.69, 9.17) is 0 Å². The van der Waals surface area contributed by atoms with Gasteiger partial charge in [-0.25, -0.2) is 0 Å². The van der Waals surface area contributed by atoms with Crippen LogP contribution in [-0.4, -0.2) is 8.80 Å². The van der Waals surface area contributed by atoms with Crippen LogP contribution in [0.1, 0.15) is 45.1 Å². The molecular formula is C22H30Si. The van der Waals surface area contributed by atoms with Crippen molar-refractivity contribution in [2.24, 2.45) is 0 Å². The first-order valence-corrected chi connectivity index (χ1v) is 11.8. The number of unbranched alkanes of at least 4 members (excludes halogenated alkanes) is 1. The van der Waals surface area contributed by atoms with E-state index in [9.17, 15) is 0 Å². The summed E-state index contributed by atoms with van der Waals surface area (Å²) < 4.78 is 0. The summed E-state index contributed by atoms with van der Waals surface area (Å²) >= 11 is 0. The second-order valence-corrected chi connectivity index (χ2v) is 11.1. The van der Waals surface area contributed by atoms with Crippen LogP contribution in [0, 0.1) is 0 Å². The van der Waals surface area contributed by atoms with Gasteiger partial charge in [0.1, 0.15) is 0 Å². The number of rotatable bonds is 5. The van der Waals surface area contributed by atoms with Crippen LogP contribution in [0.4, 0.5) is 0 Å². The van der Waals surface area contributed by atoms with Crippen molar-refractivity contribution in [3.8, 4) is 11.1 Å². The number of hydrogen-bond donors (Lipinski definition) is 0. The highest BCUT2D eigenvalue weighted by Gasteiger charge is 2.32. The Balaban J connectivity index is 1.68. The van der Waals surface area contributed by atoms with Crippen molar-refractivity contribution in [2.45, 2.75) is 63.1 Å². The second-order valence-electron chi connectivity index (χ2n) is 7.59. The van der Waals surface area contributed by atoms with Crippen molar-refractivity contribution in [3.05, 3.63) is 60.2 Å². The minimum atomic E-state index is -0.408. The summed E-state index contributed by atoms with van der Waals surface area (Å²) in [6.07, 6.45) is 5.68.